The number of hydrogen-bond acceptors (Lipinski definition) is 7. The minimum absolute atomic E-state index is 0.00722. The van der Waals surface area contributed by atoms with Gasteiger partial charge in [0.15, 0.2) is 0 Å². The summed E-state index contributed by atoms with van der Waals surface area (Å²) in [5.74, 6) is 0. The van der Waals surface area contributed by atoms with Crippen LogP contribution in [0.5, 0.6) is 0 Å². The molecule has 2 aliphatic heterocycles. The summed E-state index contributed by atoms with van der Waals surface area (Å²) in [7, 11) is 0. The van der Waals surface area contributed by atoms with Gasteiger partial charge in [-0.3, -0.25) is 10.1 Å². The molecular formula is C24H39N5O4. The molecule has 3 rings (SSSR count). The number of nitro benzene ring substituents is 1. The Bertz CT molecular complexity index is 823. The number of piperidine rings is 2. The molecule has 9 nitrogen and oxygen atoms in total. The number of likely N-dealkylation sites (tertiary alicyclic amines) is 1. The Morgan fingerprint density at radius 1 is 1.09 bits per heavy atom. The number of nitro groups is 1. The van der Waals surface area contributed by atoms with E-state index in [4.69, 9.17) is 4.74 Å². The fourth-order valence-electron chi connectivity index (χ4n) is 4.56. The third-order valence-corrected chi connectivity index (χ3v) is 6.36. The van der Waals surface area contributed by atoms with Gasteiger partial charge in [-0.1, -0.05) is 0 Å². The summed E-state index contributed by atoms with van der Waals surface area (Å²) in [4.78, 5) is 28.1. The number of ether oxygens (including phenoxy) is 1. The van der Waals surface area contributed by atoms with Crippen LogP contribution in [-0.4, -0.2) is 65.8 Å². The molecule has 0 bridgehead atoms. The van der Waals surface area contributed by atoms with E-state index in [9.17, 15) is 14.9 Å². The molecule has 0 unspecified atom stereocenters. The van der Waals surface area contributed by atoms with E-state index in [0.29, 0.717) is 43.7 Å². The van der Waals surface area contributed by atoms with Crippen LogP contribution in [0.4, 0.5) is 21.9 Å². The van der Waals surface area contributed by atoms with Crippen LogP contribution >= 0.6 is 0 Å². The minimum atomic E-state index is -0.535. The first-order valence-corrected chi connectivity index (χ1v) is 12.1. The quantitative estimate of drug-likeness (QED) is 0.479. The van der Waals surface area contributed by atoms with Gasteiger partial charge in [0, 0.05) is 56.1 Å². The molecule has 0 atom stereocenters. The second-order valence-electron chi connectivity index (χ2n) is 10.4. The Kier molecular flexibility index (Phi) is 8.05. The van der Waals surface area contributed by atoms with Crippen LogP contribution in [0.25, 0.3) is 0 Å². The van der Waals surface area contributed by atoms with E-state index in [0.717, 1.165) is 31.6 Å². The highest BCUT2D eigenvalue weighted by Gasteiger charge is 2.28. The first-order chi connectivity index (χ1) is 15.5. The fraction of sp³-hybridized carbons (Fsp3) is 0.708. The summed E-state index contributed by atoms with van der Waals surface area (Å²) < 4.78 is 5.33. The molecule has 0 saturated carbocycles. The van der Waals surface area contributed by atoms with Crippen molar-refractivity contribution in [2.45, 2.75) is 84.0 Å². The first kappa shape index (κ1) is 25.1. The van der Waals surface area contributed by atoms with Gasteiger partial charge in [0.05, 0.1) is 4.92 Å². The Morgan fingerprint density at radius 3 is 2.24 bits per heavy atom. The third kappa shape index (κ3) is 7.22. The van der Waals surface area contributed by atoms with Crippen LogP contribution in [0.3, 0.4) is 0 Å². The zero-order valence-corrected chi connectivity index (χ0v) is 20.6. The van der Waals surface area contributed by atoms with Crippen LogP contribution in [0, 0.1) is 10.1 Å². The van der Waals surface area contributed by atoms with E-state index in [1.54, 1.807) is 6.07 Å². The number of hydrogen-bond donors (Lipinski definition) is 2. The number of rotatable bonds is 6. The lowest BCUT2D eigenvalue weighted by Crippen LogP contribution is -2.46. The molecule has 2 fully saturated rings. The lowest BCUT2D eigenvalue weighted by atomic mass is 10.0. The van der Waals surface area contributed by atoms with Crippen molar-refractivity contribution < 1.29 is 14.5 Å². The van der Waals surface area contributed by atoms with Crippen LogP contribution in [0.15, 0.2) is 18.2 Å². The van der Waals surface area contributed by atoms with Crippen molar-refractivity contribution in [3.05, 3.63) is 28.3 Å². The maximum absolute atomic E-state index is 12.0. The molecule has 1 amide bonds. The minimum Gasteiger partial charge on any atom is -0.444 e. The summed E-state index contributed by atoms with van der Waals surface area (Å²) in [6, 6.07) is 6.35. The SMILES string of the molecule is CC(C)N1CCC(Nc2ccc(N3CCC(NC(=O)OC(C)(C)C)CC3)c([N+](=O)[O-])c2)CC1. The van der Waals surface area contributed by atoms with Gasteiger partial charge in [0.2, 0.25) is 0 Å². The summed E-state index contributed by atoms with van der Waals surface area (Å²) in [5, 5.41) is 18.3. The van der Waals surface area contributed by atoms with Crippen LogP contribution in [-0.2, 0) is 4.74 Å². The number of carbonyl (C=O) groups is 1. The van der Waals surface area contributed by atoms with Gasteiger partial charge in [-0.25, -0.2) is 4.79 Å². The molecule has 33 heavy (non-hydrogen) atoms. The van der Waals surface area contributed by atoms with E-state index in [2.05, 4.69) is 29.4 Å². The Balaban J connectivity index is 1.58. The molecule has 2 aliphatic rings. The molecule has 2 heterocycles. The molecule has 2 N–H and O–H groups in total. The highest BCUT2D eigenvalue weighted by molar-refractivity contribution is 5.70. The molecule has 1 aromatic rings. The van der Waals surface area contributed by atoms with Crippen LogP contribution in [0.2, 0.25) is 0 Å². The molecule has 1 aromatic carbocycles. The van der Waals surface area contributed by atoms with Gasteiger partial charge in [-0.05, 0) is 72.4 Å². The number of benzene rings is 1. The molecule has 0 aromatic heterocycles. The van der Waals surface area contributed by atoms with Crippen LogP contribution in [0.1, 0.15) is 60.3 Å². The van der Waals surface area contributed by atoms with E-state index in [1.807, 2.05) is 37.8 Å². The van der Waals surface area contributed by atoms with Crippen molar-refractivity contribution in [3.63, 3.8) is 0 Å². The molecular weight excluding hydrogens is 422 g/mol. The van der Waals surface area contributed by atoms with Crippen molar-refractivity contribution >= 4 is 23.2 Å². The smallest absolute Gasteiger partial charge is 0.407 e. The number of anilines is 2. The highest BCUT2D eigenvalue weighted by atomic mass is 16.6. The summed E-state index contributed by atoms with van der Waals surface area (Å²) in [6.07, 6.45) is 3.08. The number of carbonyl (C=O) groups excluding carboxylic acids is 1. The average Bonchev–Trinajstić information content (AvgIpc) is 2.73. The van der Waals surface area contributed by atoms with E-state index >= 15 is 0 Å². The van der Waals surface area contributed by atoms with Gasteiger partial charge in [-0.2, -0.15) is 0 Å². The third-order valence-electron chi connectivity index (χ3n) is 6.36. The standard InChI is InChI=1S/C24H39N5O4/c1-17(2)27-12-8-18(9-13-27)25-20-6-7-21(22(16-20)29(31)32)28-14-10-19(11-15-28)26-23(30)33-24(3,4)5/h6-7,16-19,25H,8-15H2,1-5H3,(H,26,30). The van der Waals surface area contributed by atoms with Gasteiger partial charge < -0.3 is 25.2 Å². The zero-order chi connectivity index (χ0) is 24.2. The predicted octanol–water partition coefficient (Wildman–Crippen LogP) is 4.37. The topological polar surface area (TPSA) is 100.0 Å². The second kappa shape index (κ2) is 10.6. The Morgan fingerprint density at radius 2 is 1.70 bits per heavy atom. The number of nitrogens with one attached hydrogen (secondary N) is 2. The fourth-order valence-corrected chi connectivity index (χ4v) is 4.56. The lowest BCUT2D eigenvalue weighted by Gasteiger charge is -2.35. The largest absolute Gasteiger partial charge is 0.444 e. The van der Waals surface area contributed by atoms with Crippen LogP contribution < -0.4 is 15.5 Å². The van der Waals surface area contributed by atoms with Gasteiger partial charge in [0.1, 0.15) is 11.3 Å². The van der Waals surface area contributed by atoms with Gasteiger partial charge in [-0.15, -0.1) is 0 Å². The molecule has 0 aliphatic carbocycles. The van der Waals surface area contributed by atoms with Gasteiger partial charge >= 0.3 is 6.09 Å². The average molecular weight is 462 g/mol. The lowest BCUT2D eigenvalue weighted by molar-refractivity contribution is -0.384. The first-order valence-electron chi connectivity index (χ1n) is 12.1. The normalized spacial score (nSPS) is 18.9. The monoisotopic (exact) mass is 461 g/mol. The zero-order valence-electron chi connectivity index (χ0n) is 20.6. The Labute approximate surface area is 197 Å². The molecule has 2 saturated heterocycles. The van der Waals surface area contributed by atoms with Crippen molar-refractivity contribution in [1.29, 1.82) is 0 Å². The molecule has 9 heteroatoms. The molecule has 0 spiro atoms. The number of amides is 1. The Hall–Kier alpha value is -2.55. The number of nitrogens with zero attached hydrogens (tertiary/aromatic N) is 3. The van der Waals surface area contributed by atoms with Gasteiger partial charge in [0.25, 0.3) is 5.69 Å². The molecule has 0 radical (unpaired) electrons. The van der Waals surface area contributed by atoms with Crippen molar-refractivity contribution in [1.82, 2.24) is 10.2 Å². The maximum Gasteiger partial charge on any atom is 0.407 e. The summed E-state index contributed by atoms with van der Waals surface area (Å²) in [5.41, 5.74) is 1.02. The highest BCUT2D eigenvalue weighted by Crippen LogP contribution is 2.33. The van der Waals surface area contributed by atoms with Crippen molar-refractivity contribution in [2.24, 2.45) is 0 Å². The predicted molar refractivity (Wildman–Crippen MR) is 131 cm³/mol. The van der Waals surface area contributed by atoms with E-state index < -0.39 is 11.7 Å². The second-order valence-corrected chi connectivity index (χ2v) is 10.4. The van der Waals surface area contributed by atoms with Crippen molar-refractivity contribution in [3.8, 4) is 0 Å². The van der Waals surface area contributed by atoms with E-state index in [-0.39, 0.29) is 16.7 Å². The summed E-state index contributed by atoms with van der Waals surface area (Å²) >= 11 is 0. The number of alkyl carbamates (subject to hydrolysis) is 1. The van der Waals surface area contributed by atoms with E-state index in [1.165, 1.54) is 0 Å². The van der Waals surface area contributed by atoms with Crippen molar-refractivity contribution in [2.75, 3.05) is 36.4 Å². The molecule has 184 valence electrons. The summed E-state index contributed by atoms with van der Waals surface area (Å²) in [6.45, 7) is 13.3. The maximum atomic E-state index is 12.0.